The molecule has 17 heavy (non-hydrogen) atoms. The first-order chi connectivity index (χ1) is 9.42. The summed E-state index contributed by atoms with van der Waals surface area (Å²) in [6.45, 7) is -3.51. The third-order valence-corrected chi connectivity index (χ3v) is 2.25. The molecular weight excluding hydrogens is 232 g/mol. The highest BCUT2D eigenvalue weighted by Gasteiger charge is 2.43. The van der Waals surface area contributed by atoms with Gasteiger partial charge in [-0.05, 0) is 0 Å². The van der Waals surface area contributed by atoms with Gasteiger partial charge in [-0.15, -0.1) is 0 Å². The summed E-state index contributed by atoms with van der Waals surface area (Å²) in [4.78, 5) is 24.4. The average molecular weight is 248 g/mol. The van der Waals surface area contributed by atoms with Crippen LogP contribution in [0.1, 0.15) is 11.7 Å². The van der Waals surface area contributed by atoms with Gasteiger partial charge in [0.2, 0.25) is 0 Å². The molecule has 0 radical (unpaired) electrons. The van der Waals surface area contributed by atoms with E-state index in [0.717, 1.165) is 12.3 Å². The second-order valence-corrected chi connectivity index (χ2v) is 3.30. The number of aromatic amines is 1. The summed E-state index contributed by atoms with van der Waals surface area (Å²) in [6.07, 6.45) is -9.76. The van der Waals surface area contributed by atoms with E-state index in [9.17, 15) is 24.9 Å². The Labute approximate surface area is 100 Å². The van der Waals surface area contributed by atoms with Crippen LogP contribution in [0.2, 0.25) is 0 Å². The highest BCUT2D eigenvalue weighted by Crippen LogP contribution is 2.27. The first kappa shape index (κ1) is 7.77. The first-order valence-corrected chi connectivity index (χ1v) is 4.54. The molecule has 4 atom stereocenters. The van der Waals surface area contributed by atoms with Crippen LogP contribution in [-0.4, -0.2) is 49.7 Å². The lowest BCUT2D eigenvalue weighted by atomic mass is 10.1. The lowest BCUT2D eigenvalue weighted by molar-refractivity contribution is -0.0550. The lowest BCUT2D eigenvalue weighted by Crippen LogP contribution is -2.37. The quantitative estimate of drug-likeness (QED) is 0.446. The van der Waals surface area contributed by atoms with E-state index in [4.69, 9.17) is 10.2 Å². The van der Waals surface area contributed by atoms with E-state index in [-0.39, 0.29) is 0 Å². The summed E-state index contributed by atoms with van der Waals surface area (Å²) in [5.41, 5.74) is -1.82. The molecule has 8 heteroatoms. The Balaban J connectivity index is 2.55. The Bertz CT molecular complexity index is 667. The minimum Gasteiger partial charge on any atom is -0.394 e. The monoisotopic (exact) mass is 248 g/mol. The van der Waals surface area contributed by atoms with Gasteiger partial charge in [-0.25, -0.2) is 4.79 Å². The van der Waals surface area contributed by atoms with E-state index in [0.29, 0.717) is 4.57 Å². The molecule has 4 N–H and O–H groups in total. The van der Waals surface area contributed by atoms with Crippen LogP contribution in [0, 0.1) is 0 Å². The van der Waals surface area contributed by atoms with Crippen molar-refractivity contribution >= 4 is 0 Å². The lowest BCUT2D eigenvalue weighted by Gasteiger charge is -2.16. The van der Waals surface area contributed by atoms with Gasteiger partial charge >= 0.3 is 5.69 Å². The Morgan fingerprint density at radius 3 is 2.82 bits per heavy atom. The molecule has 0 aliphatic carbocycles. The molecule has 0 aromatic carbocycles. The van der Waals surface area contributed by atoms with Gasteiger partial charge in [0.05, 0.1) is 12.0 Å². The molecule has 94 valence electrons. The van der Waals surface area contributed by atoms with Gasteiger partial charge in [-0.1, -0.05) is 0 Å². The number of rotatable bonds is 2. The maximum absolute atomic E-state index is 11.6. The van der Waals surface area contributed by atoms with Crippen LogP contribution in [0.4, 0.5) is 0 Å². The molecule has 0 spiro atoms. The molecule has 0 saturated carbocycles. The summed E-state index contributed by atoms with van der Waals surface area (Å²) in [5.74, 6) is 0. The standard InChI is InChI=1S/C9H12N2O6/c12-3-4-6(14)7(15)8(17-4)11-2-1-5(13)10-9(11)16/h1-2,4,6-8,12,14-15H,3H2,(H,10,13,16)/t4-,6-,7-,8-/m1/s1/i3D2,4D,6D. The van der Waals surface area contributed by atoms with Crippen LogP contribution in [0.25, 0.3) is 0 Å². The number of hydrogen-bond donors (Lipinski definition) is 4. The molecule has 0 bridgehead atoms. The predicted molar refractivity (Wildman–Crippen MR) is 54.3 cm³/mol. The van der Waals surface area contributed by atoms with E-state index in [1.807, 2.05) is 4.98 Å². The second kappa shape index (κ2) is 4.41. The number of aliphatic hydroxyl groups excluding tert-OH is 1. The third kappa shape index (κ3) is 2.03. The van der Waals surface area contributed by atoms with Crippen LogP contribution in [0.5, 0.6) is 0 Å². The van der Waals surface area contributed by atoms with Crippen LogP contribution < -0.4 is 11.2 Å². The highest BCUT2D eigenvalue weighted by atomic mass is 16.6. The van der Waals surface area contributed by atoms with Crippen LogP contribution in [-0.2, 0) is 4.74 Å². The Hall–Kier alpha value is -1.48. The Kier molecular flexibility index (Phi) is 2.02. The molecule has 2 rings (SSSR count). The van der Waals surface area contributed by atoms with E-state index in [1.165, 1.54) is 0 Å². The SMILES string of the molecule is [2H]C([2H])(O)[C@@]1([2H])O[C@@H](n2ccc(=O)[nH]c2=O)[C@H](O)[C@]1([2H])O. The second-order valence-electron chi connectivity index (χ2n) is 3.30. The van der Waals surface area contributed by atoms with Crippen molar-refractivity contribution in [1.82, 2.24) is 9.55 Å². The van der Waals surface area contributed by atoms with Gasteiger partial charge < -0.3 is 20.1 Å². The maximum Gasteiger partial charge on any atom is 0.330 e. The van der Waals surface area contributed by atoms with Gasteiger partial charge in [-0.2, -0.15) is 0 Å². The zero-order chi connectivity index (χ0) is 16.2. The Morgan fingerprint density at radius 2 is 2.29 bits per heavy atom. The fraction of sp³-hybridized carbons (Fsp3) is 0.556. The minimum atomic E-state index is -3.51. The summed E-state index contributed by atoms with van der Waals surface area (Å²) < 4.78 is 34.6. The van der Waals surface area contributed by atoms with Crippen molar-refractivity contribution in [1.29, 1.82) is 0 Å². The number of nitrogens with zero attached hydrogens (tertiary/aromatic N) is 1. The summed E-state index contributed by atoms with van der Waals surface area (Å²) in [6, 6.07) is 0.887. The minimum absolute atomic E-state index is 0.563. The molecule has 1 aromatic rings. The van der Waals surface area contributed by atoms with Gasteiger partial charge in [0.15, 0.2) is 6.23 Å². The molecule has 2 heterocycles. The summed E-state index contributed by atoms with van der Waals surface area (Å²) in [5, 5.41) is 29.0. The maximum atomic E-state index is 11.6. The fourth-order valence-corrected chi connectivity index (χ4v) is 1.44. The van der Waals surface area contributed by atoms with Crippen molar-refractivity contribution in [2.75, 3.05) is 6.56 Å². The zero-order valence-corrected chi connectivity index (χ0v) is 8.32. The summed E-state index contributed by atoms with van der Waals surface area (Å²) >= 11 is 0. The van der Waals surface area contributed by atoms with Crippen molar-refractivity contribution in [3.63, 3.8) is 0 Å². The van der Waals surface area contributed by atoms with Gasteiger partial charge in [0.25, 0.3) is 5.56 Å². The first-order valence-electron chi connectivity index (χ1n) is 6.54. The van der Waals surface area contributed by atoms with E-state index >= 15 is 0 Å². The predicted octanol–water partition coefficient (Wildman–Crippen LogP) is -2.85. The zero-order valence-electron chi connectivity index (χ0n) is 12.3. The van der Waals surface area contributed by atoms with Gasteiger partial charge in [-0.3, -0.25) is 14.3 Å². The van der Waals surface area contributed by atoms with Crippen LogP contribution in [0.15, 0.2) is 21.9 Å². The van der Waals surface area contributed by atoms with Crippen LogP contribution in [0.3, 0.4) is 0 Å². The molecular formula is C9H12N2O6. The smallest absolute Gasteiger partial charge is 0.330 e. The number of ether oxygens (including phenoxy) is 1. The number of nitrogens with one attached hydrogen (secondary N) is 1. The molecule has 1 aromatic heterocycles. The van der Waals surface area contributed by atoms with E-state index in [2.05, 4.69) is 0 Å². The molecule has 1 saturated heterocycles. The normalized spacial score (nSPS) is 45.8. The highest BCUT2D eigenvalue weighted by molar-refractivity contribution is 4.92. The van der Waals surface area contributed by atoms with Gasteiger partial charge in [0, 0.05) is 12.3 Å². The number of H-pyrrole nitrogens is 1. The average Bonchev–Trinajstić information content (AvgIpc) is 2.50. The van der Waals surface area contributed by atoms with Crippen molar-refractivity contribution in [2.45, 2.75) is 24.5 Å². The number of aliphatic hydroxyl groups is 3. The molecule has 8 nitrogen and oxygen atoms in total. The van der Waals surface area contributed by atoms with Crippen LogP contribution >= 0.6 is 0 Å². The number of hydrogen-bond acceptors (Lipinski definition) is 6. The largest absolute Gasteiger partial charge is 0.394 e. The molecule has 0 amide bonds. The fourth-order valence-electron chi connectivity index (χ4n) is 1.44. The summed E-state index contributed by atoms with van der Waals surface area (Å²) in [7, 11) is 0. The number of aromatic nitrogens is 2. The van der Waals surface area contributed by atoms with Crippen molar-refractivity contribution in [2.24, 2.45) is 0 Å². The molecule has 1 aliphatic rings. The molecule has 1 fully saturated rings. The van der Waals surface area contributed by atoms with Crippen molar-refractivity contribution < 1.29 is 25.5 Å². The van der Waals surface area contributed by atoms with Gasteiger partial charge in [0.1, 0.15) is 18.3 Å². The van der Waals surface area contributed by atoms with Crippen molar-refractivity contribution in [3.05, 3.63) is 33.1 Å². The van der Waals surface area contributed by atoms with E-state index < -0.39 is 42.3 Å². The molecule has 1 aliphatic heterocycles. The topological polar surface area (TPSA) is 125 Å². The third-order valence-electron chi connectivity index (χ3n) is 2.25. The van der Waals surface area contributed by atoms with E-state index in [1.54, 1.807) is 0 Å². The molecule has 0 unspecified atom stereocenters. The Morgan fingerprint density at radius 1 is 1.59 bits per heavy atom. The van der Waals surface area contributed by atoms with Crippen molar-refractivity contribution in [3.8, 4) is 0 Å².